The number of anilines is 1. The Labute approximate surface area is 242 Å². The molecule has 6 aromatic carbocycles. The van der Waals surface area contributed by atoms with Gasteiger partial charge in [-0.05, 0) is 44.7 Å². The van der Waals surface area contributed by atoms with Crippen molar-refractivity contribution in [3.05, 3.63) is 157 Å². The molecule has 0 amide bonds. The summed E-state index contributed by atoms with van der Waals surface area (Å²) in [7, 11) is -2.59. The lowest BCUT2D eigenvalue weighted by Gasteiger charge is -2.39. The molecule has 1 aliphatic heterocycles. The van der Waals surface area contributed by atoms with E-state index in [1.165, 1.54) is 53.2 Å². The van der Waals surface area contributed by atoms with Gasteiger partial charge < -0.3 is 4.90 Å². The molecule has 6 aromatic rings. The van der Waals surface area contributed by atoms with E-state index in [-0.39, 0.29) is 0 Å². The van der Waals surface area contributed by atoms with Crippen LogP contribution in [0.2, 0.25) is 0 Å². The van der Waals surface area contributed by atoms with Crippen LogP contribution in [0, 0.1) is 6.92 Å². The maximum atomic E-state index is 2.55. The first-order valence-electron chi connectivity index (χ1n) is 13.9. The van der Waals surface area contributed by atoms with Crippen molar-refractivity contribution >= 4 is 57.0 Å². The van der Waals surface area contributed by atoms with E-state index in [0.29, 0.717) is 0 Å². The van der Waals surface area contributed by atoms with Crippen molar-refractivity contribution in [1.82, 2.24) is 0 Å². The van der Waals surface area contributed by atoms with E-state index in [4.69, 9.17) is 0 Å². The van der Waals surface area contributed by atoms with Crippen LogP contribution in [0.4, 0.5) is 5.69 Å². The molecule has 1 aliphatic rings. The maximum absolute atomic E-state index is 2.59. The molecule has 1 heterocycles. The molecule has 0 saturated carbocycles. The van der Waals surface area contributed by atoms with Crippen LogP contribution in [0.5, 0.6) is 0 Å². The minimum Gasteiger partial charge on any atom is -0.357 e. The Morgan fingerprint density at radius 3 is 1.77 bits per heavy atom. The van der Waals surface area contributed by atoms with Crippen molar-refractivity contribution in [1.29, 1.82) is 0 Å². The lowest BCUT2D eigenvalue weighted by molar-refractivity contribution is 0.871. The summed E-state index contributed by atoms with van der Waals surface area (Å²) < 4.78 is 0. The highest BCUT2D eigenvalue weighted by Gasteiger charge is 2.44. The minimum absolute atomic E-state index is 0.911. The number of hydrogen-bond acceptors (Lipinski definition) is 2. The van der Waals surface area contributed by atoms with Gasteiger partial charge >= 0.3 is 0 Å². The molecule has 0 atom stereocenters. The number of aryl methyl sites for hydroxylation is 1. The van der Waals surface area contributed by atoms with E-state index in [9.17, 15) is 0 Å². The van der Waals surface area contributed by atoms with Gasteiger partial charge in [0.25, 0.3) is 0 Å². The quantitative estimate of drug-likeness (QED) is 0.176. The lowest BCUT2D eigenvalue weighted by atomic mass is 10.1. The first-order chi connectivity index (χ1) is 19.7. The summed E-state index contributed by atoms with van der Waals surface area (Å²) in [6.45, 7) is 3.18. The van der Waals surface area contributed by atoms with Gasteiger partial charge in [-0.2, -0.15) is 0 Å². The van der Waals surface area contributed by atoms with Crippen LogP contribution in [0.15, 0.2) is 150 Å². The van der Waals surface area contributed by atoms with Gasteiger partial charge in [0.05, 0.1) is 5.88 Å². The molecular formula is C37H31NSSi. The average molecular weight is 550 g/mol. The van der Waals surface area contributed by atoms with E-state index >= 15 is 0 Å². The largest absolute Gasteiger partial charge is 0.357 e. The Balaban J connectivity index is 1.46. The van der Waals surface area contributed by atoms with Crippen LogP contribution in [0.1, 0.15) is 11.1 Å². The molecular weight excluding hydrogens is 519 g/mol. The highest BCUT2D eigenvalue weighted by molar-refractivity contribution is 7.99. The second-order valence-electron chi connectivity index (χ2n) is 10.6. The normalized spacial score (nSPS) is 13.3. The smallest absolute Gasteiger partial charge is 0.180 e. The Bertz CT molecular complexity index is 1680. The lowest BCUT2D eigenvalue weighted by Crippen LogP contribution is -2.75. The molecule has 3 heteroatoms. The fourth-order valence-corrected chi connectivity index (χ4v) is 13.1. The van der Waals surface area contributed by atoms with E-state index in [1.54, 1.807) is 0 Å². The molecule has 194 valence electrons. The zero-order valence-corrected chi connectivity index (χ0v) is 24.4. The predicted molar refractivity (Wildman–Crippen MR) is 176 cm³/mol. The second kappa shape index (κ2) is 10.5. The third-order valence-corrected chi connectivity index (χ3v) is 14.4. The van der Waals surface area contributed by atoms with Crippen LogP contribution in [-0.4, -0.2) is 14.0 Å². The number of fused-ring (bicyclic) bond motifs is 2. The first-order valence-corrected chi connectivity index (χ1v) is 16.9. The monoisotopic (exact) mass is 549 g/mol. The van der Waals surface area contributed by atoms with E-state index in [1.807, 2.05) is 11.8 Å². The fourth-order valence-electron chi connectivity index (χ4n) is 6.48. The minimum atomic E-state index is -2.59. The molecule has 0 fully saturated rings. The number of benzene rings is 6. The molecule has 40 heavy (non-hydrogen) atoms. The number of nitrogens with zero attached hydrogens (tertiary/aromatic N) is 1. The fraction of sp³-hybridized carbons (Fsp3) is 0.0811. The van der Waals surface area contributed by atoms with Gasteiger partial charge in [0.2, 0.25) is 0 Å². The third kappa shape index (κ3) is 4.18. The Kier molecular flexibility index (Phi) is 6.55. The molecule has 0 aromatic heterocycles. The van der Waals surface area contributed by atoms with E-state index < -0.39 is 8.07 Å². The third-order valence-electron chi connectivity index (χ3n) is 8.17. The first kappa shape index (κ1) is 25.0. The molecule has 7 rings (SSSR count). The number of hydrogen-bond donors (Lipinski definition) is 0. The van der Waals surface area contributed by atoms with Crippen molar-refractivity contribution in [2.45, 2.75) is 18.4 Å². The highest BCUT2D eigenvalue weighted by Crippen LogP contribution is 2.37. The molecule has 1 nitrogen and oxygen atoms in total. The van der Waals surface area contributed by atoms with Gasteiger partial charge in [0, 0.05) is 22.5 Å². The topological polar surface area (TPSA) is 3.24 Å². The second-order valence-corrected chi connectivity index (χ2v) is 15.3. The molecule has 0 saturated heterocycles. The summed E-state index contributed by atoms with van der Waals surface area (Å²) in [4.78, 5) is 4.01. The van der Waals surface area contributed by atoms with Crippen LogP contribution in [-0.2, 0) is 6.54 Å². The maximum Gasteiger partial charge on any atom is 0.180 e. The SMILES string of the molecule is Cc1cc2c(c([Si](c3ccccc3)(c3ccccc3)c3ccccc3)c1)SCN(c1cccc3ccccc13)C2. The summed E-state index contributed by atoms with van der Waals surface area (Å²) >= 11 is 2.01. The van der Waals surface area contributed by atoms with Crippen molar-refractivity contribution in [2.24, 2.45) is 0 Å². The summed E-state index contributed by atoms with van der Waals surface area (Å²) in [5.74, 6) is 0.930. The predicted octanol–water partition coefficient (Wildman–Crippen LogP) is 6.60. The van der Waals surface area contributed by atoms with Crippen LogP contribution >= 0.6 is 11.8 Å². The average Bonchev–Trinajstić information content (AvgIpc) is 3.02. The molecule has 0 unspecified atom stereocenters. The van der Waals surface area contributed by atoms with Gasteiger partial charge in [-0.3, -0.25) is 0 Å². The Morgan fingerprint density at radius 1 is 0.600 bits per heavy atom. The summed E-state index contributed by atoms with van der Waals surface area (Å²) in [6, 6.07) is 54.2. The molecule has 0 spiro atoms. The Morgan fingerprint density at radius 2 is 1.15 bits per heavy atom. The van der Waals surface area contributed by atoms with E-state index in [2.05, 4.69) is 157 Å². The number of rotatable bonds is 5. The Hall–Kier alpha value is -4.05. The summed E-state index contributed by atoms with van der Waals surface area (Å²) in [6.07, 6.45) is 0. The van der Waals surface area contributed by atoms with E-state index in [0.717, 1.165) is 12.4 Å². The zero-order valence-electron chi connectivity index (χ0n) is 22.6. The van der Waals surface area contributed by atoms with Crippen molar-refractivity contribution in [3.63, 3.8) is 0 Å². The van der Waals surface area contributed by atoms with Crippen molar-refractivity contribution in [3.8, 4) is 0 Å². The van der Waals surface area contributed by atoms with Crippen molar-refractivity contribution in [2.75, 3.05) is 10.8 Å². The van der Waals surface area contributed by atoms with Gasteiger partial charge in [-0.25, -0.2) is 0 Å². The van der Waals surface area contributed by atoms with Gasteiger partial charge in [0.15, 0.2) is 8.07 Å². The molecule has 0 bridgehead atoms. The van der Waals surface area contributed by atoms with Gasteiger partial charge in [-0.1, -0.05) is 145 Å². The van der Waals surface area contributed by atoms with Crippen LogP contribution < -0.4 is 25.6 Å². The molecule has 0 N–H and O–H groups in total. The molecule has 0 aliphatic carbocycles. The van der Waals surface area contributed by atoms with Crippen LogP contribution in [0.3, 0.4) is 0 Å². The standard InChI is InChI=1S/C37H31NSSi/c1-28-24-30-26-38(35-23-13-15-29-14-11-12-22-34(29)35)27-39-37(30)36(25-28)40(31-16-5-2-6-17-31,32-18-7-3-8-19-32)33-20-9-4-10-21-33/h2-25H,26-27H2,1H3. The van der Waals surface area contributed by atoms with Crippen molar-refractivity contribution < 1.29 is 0 Å². The van der Waals surface area contributed by atoms with Gasteiger partial charge in [0.1, 0.15) is 0 Å². The summed E-state index contributed by atoms with van der Waals surface area (Å²) in [5.41, 5.74) is 4.07. The summed E-state index contributed by atoms with van der Waals surface area (Å²) in [5, 5.41) is 8.41. The molecule has 0 radical (unpaired) electrons. The zero-order chi connectivity index (χ0) is 26.9. The van der Waals surface area contributed by atoms with Gasteiger partial charge in [-0.15, -0.1) is 11.8 Å². The highest BCUT2D eigenvalue weighted by atomic mass is 32.2. The number of thioether (sulfide) groups is 1. The van der Waals surface area contributed by atoms with Crippen LogP contribution in [0.25, 0.3) is 10.8 Å².